The maximum absolute atomic E-state index is 13.8. The molecule has 0 amide bonds. The second kappa shape index (κ2) is 6.68. The Morgan fingerprint density at radius 3 is 2.65 bits per heavy atom. The Bertz CT molecular complexity index is 565. The fourth-order valence-electron chi connectivity index (χ4n) is 2.25. The van der Waals surface area contributed by atoms with Gasteiger partial charge in [0, 0.05) is 18.7 Å². The highest BCUT2D eigenvalue weighted by molar-refractivity contribution is 5.25. The van der Waals surface area contributed by atoms with Crippen molar-refractivity contribution in [3.63, 3.8) is 0 Å². The summed E-state index contributed by atoms with van der Waals surface area (Å²) < 4.78 is 19.4. The molecule has 1 aromatic heterocycles. The van der Waals surface area contributed by atoms with Crippen LogP contribution in [0.1, 0.15) is 22.6 Å². The minimum absolute atomic E-state index is 0.160. The van der Waals surface area contributed by atoms with Crippen LogP contribution in [-0.4, -0.2) is 19.0 Å². The Kier molecular flexibility index (Phi) is 4.93. The van der Waals surface area contributed by atoms with Gasteiger partial charge in [-0.15, -0.1) is 0 Å². The van der Waals surface area contributed by atoms with Crippen molar-refractivity contribution in [3.8, 4) is 0 Å². The van der Waals surface area contributed by atoms with Crippen LogP contribution in [0.5, 0.6) is 0 Å². The molecule has 1 aromatic carbocycles. The van der Waals surface area contributed by atoms with Crippen molar-refractivity contribution in [2.75, 3.05) is 14.1 Å². The average molecular weight is 276 g/mol. The van der Waals surface area contributed by atoms with E-state index in [1.807, 2.05) is 50.2 Å². The first-order valence-corrected chi connectivity index (χ1v) is 6.74. The SMILES string of the molecule is CNCc1ccc(F)c(CN(C)Cc2ccc(C)o2)c1. The summed E-state index contributed by atoms with van der Waals surface area (Å²) in [5.74, 6) is 1.64. The number of rotatable bonds is 6. The average Bonchev–Trinajstić information content (AvgIpc) is 2.79. The van der Waals surface area contributed by atoms with E-state index in [4.69, 9.17) is 4.42 Å². The molecule has 0 aliphatic heterocycles. The Morgan fingerprint density at radius 2 is 2.00 bits per heavy atom. The Morgan fingerprint density at radius 1 is 1.20 bits per heavy atom. The first-order chi connectivity index (χ1) is 9.58. The van der Waals surface area contributed by atoms with Gasteiger partial charge in [0.15, 0.2) is 0 Å². The third-order valence-electron chi connectivity index (χ3n) is 3.15. The van der Waals surface area contributed by atoms with Crippen molar-refractivity contribution < 1.29 is 8.81 Å². The van der Waals surface area contributed by atoms with Crippen LogP contribution in [-0.2, 0) is 19.6 Å². The summed E-state index contributed by atoms with van der Waals surface area (Å²) in [5.41, 5.74) is 1.80. The lowest BCUT2D eigenvalue weighted by Crippen LogP contribution is -2.18. The van der Waals surface area contributed by atoms with Gasteiger partial charge in [-0.25, -0.2) is 4.39 Å². The van der Waals surface area contributed by atoms with Crippen LogP contribution in [0.3, 0.4) is 0 Å². The zero-order valence-corrected chi connectivity index (χ0v) is 12.2. The standard InChI is InChI=1S/C16H21FN2O/c1-12-4-6-15(20-12)11-19(3)10-14-8-13(9-18-2)5-7-16(14)17/h4-8,18H,9-11H2,1-3H3. The van der Waals surface area contributed by atoms with Crippen molar-refractivity contribution in [1.82, 2.24) is 10.2 Å². The summed E-state index contributed by atoms with van der Waals surface area (Å²) in [5, 5.41) is 3.08. The molecule has 0 aliphatic rings. The largest absolute Gasteiger partial charge is 0.465 e. The molecule has 0 radical (unpaired) electrons. The quantitative estimate of drug-likeness (QED) is 0.879. The minimum atomic E-state index is -0.160. The van der Waals surface area contributed by atoms with Gasteiger partial charge in [-0.2, -0.15) is 0 Å². The second-order valence-corrected chi connectivity index (χ2v) is 5.14. The smallest absolute Gasteiger partial charge is 0.127 e. The van der Waals surface area contributed by atoms with Gasteiger partial charge in [0.25, 0.3) is 0 Å². The summed E-state index contributed by atoms with van der Waals surface area (Å²) in [4.78, 5) is 2.04. The molecule has 2 aromatic rings. The van der Waals surface area contributed by atoms with E-state index < -0.39 is 0 Å². The molecule has 2 rings (SSSR count). The van der Waals surface area contributed by atoms with Crippen LogP contribution >= 0.6 is 0 Å². The molecule has 1 heterocycles. The van der Waals surface area contributed by atoms with Gasteiger partial charge in [-0.3, -0.25) is 4.90 Å². The fraction of sp³-hybridized carbons (Fsp3) is 0.375. The molecule has 3 nitrogen and oxygen atoms in total. The van der Waals surface area contributed by atoms with Crippen LogP contribution in [0.15, 0.2) is 34.7 Å². The maximum atomic E-state index is 13.8. The lowest BCUT2D eigenvalue weighted by atomic mass is 10.1. The predicted octanol–water partition coefficient (Wildman–Crippen LogP) is 3.08. The van der Waals surface area contributed by atoms with Gasteiger partial charge in [-0.05, 0) is 44.8 Å². The third kappa shape index (κ3) is 3.92. The highest BCUT2D eigenvalue weighted by atomic mass is 19.1. The van der Waals surface area contributed by atoms with Crippen LogP contribution in [0.2, 0.25) is 0 Å². The van der Waals surface area contributed by atoms with Gasteiger partial charge in [0.05, 0.1) is 6.54 Å². The van der Waals surface area contributed by atoms with E-state index >= 15 is 0 Å². The lowest BCUT2D eigenvalue weighted by molar-refractivity contribution is 0.281. The lowest BCUT2D eigenvalue weighted by Gasteiger charge is -2.16. The number of halogens is 1. The monoisotopic (exact) mass is 276 g/mol. The zero-order valence-electron chi connectivity index (χ0n) is 12.2. The van der Waals surface area contributed by atoms with Gasteiger partial charge in [-0.1, -0.05) is 12.1 Å². The van der Waals surface area contributed by atoms with E-state index in [-0.39, 0.29) is 5.82 Å². The van der Waals surface area contributed by atoms with E-state index in [0.29, 0.717) is 18.7 Å². The van der Waals surface area contributed by atoms with E-state index in [9.17, 15) is 4.39 Å². The third-order valence-corrected chi connectivity index (χ3v) is 3.15. The highest BCUT2D eigenvalue weighted by Gasteiger charge is 2.09. The molecule has 0 unspecified atom stereocenters. The van der Waals surface area contributed by atoms with E-state index in [1.165, 1.54) is 6.07 Å². The molecule has 0 fully saturated rings. The van der Waals surface area contributed by atoms with Crippen LogP contribution < -0.4 is 5.32 Å². The Hall–Kier alpha value is -1.65. The molecular weight excluding hydrogens is 255 g/mol. The predicted molar refractivity (Wildman–Crippen MR) is 77.8 cm³/mol. The number of hydrogen-bond donors (Lipinski definition) is 1. The van der Waals surface area contributed by atoms with Crippen LogP contribution in [0.4, 0.5) is 4.39 Å². The summed E-state index contributed by atoms with van der Waals surface area (Å²) in [6.07, 6.45) is 0. The molecule has 0 aliphatic carbocycles. The fourth-order valence-corrected chi connectivity index (χ4v) is 2.25. The van der Waals surface area contributed by atoms with Crippen molar-refractivity contribution in [1.29, 1.82) is 0 Å². The number of hydrogen-bond acceptors (Lipinski definition) is 3. The van der Waals surface area contributed by atoms with Crippen molar-refractivity contribution in [2.24, 2.45) is 0 Å². The summed E-state index contributed by atoms with van der Waals surface area (Å²) >= 11 is 0. The molecule has 20 heavy (non-hydrogen) atoms. The number of nitrogens with one attached hydrogen (secondary N) is 1. The normalized spacial score (nSPS) is 11.2. The zero-order chi connectivity index (χ0) is 14.5. The first-order valence-electron chi connectivity index (χ1n) is 6.74. The van der Waals surface area contributed by atoms with E-state index in [2.05, 4.69) is 5.32 Å². The van der Waals surface area contributed by atoms with Gasteiger partial charge < -0.3 is 9.73 Å². The molecule has 0 saturated heterocycles. The van der Waals surface area contributed by atoms with Crippen molar-refractivity contribution >= 4 is 0 Å². The Labute approximate surface area is 119 Å². The minimum Gasteiger partial charge on any atom is -0.465 e. The summed E-state index contributed by atoms with van der Waals surface area (Å²) in [7, 11) is 3.84. The number of aryl methyl sites for hydroxylation is 1. The van der Waals surface area contributed by atoms with E-state index in [0.717, 1.165) is 23.6 Å². The van der Waals surface area contributed by atoms with Crippen molar-refractivity contribution in [3.05, 3.63) is 58.8 Å². The van der Waals surface area contributed by atoms with Gasteiger partial charge in [0.2, 0.25) is 0 Å². The van der Waals surface area contributed by atoms with Crippen LogP contribution in [0.25, 0.3) is 0 Å². The van der Waals surface area contributed by atoms with E-state index in [1.54, 1.807) is 0 Å². The second-order valence-electron chi connectivity index (χ2n) is 5.14. The van der Waals surface area contributed by atoms with Crippen LogP contribution in [0, 0.1) is 12.7 Å². The maximum Gasteiger partial charge on any atom is 0.127 e. The molecule has 0 spiro atoms. The molecule has 0 bridgehead atoms. The molecule has 4 heteroatoms. The molecule has 0 atom stereocenters. The number of benzene rings is 1. The highest BCUT2D eigenvalue weighted by Crippen LogP contribution is 2.15. The molecule has 1 N–H and O–H groups in total. The van der Waals surface area contributed by atoms with Gasteiger partial charge in [0.1, 0.15) is 17.3 Å². The number of nitrogens with zero attached hydrogens (tertiary/aromatic N) is 1. The summed E-state index contributed by atoms with van der Waals surface area (Å²) in [6, 6.07) is 9.16. The molecule has 108 valence electrons. The number of furan rings is 1. The van der Waals surface area contributed by atoms with Crippen molar-refractivity contribution in [2.45, 2.75) is 26.6 Å². The molecule has 0 saturated carbocycles. The first kappa shape index (κ1) is 14.8. The molecular formula is C16H21FN2O. The topological polar surface area (TPSA) is 28.4 Å². The Balaban J connectivity index is 2.02. The van der Waals surface area contributed by atoms with Gasteiger partial charge >= 0.3 is 0 Å². The summed E-state index contributed by atoms with van der Waals surface area (Å²) in [6.45, 7) is 3.89.